The van der Waals surface area contributed by atoms with Crippen molar-refractivity contribution >= 4 is 74.9 Å². The minimum Gasteiger partial charge on any atom is -0.507 e. The van der Waals surface area contributed by atoms with Crippen molar-refractivity contribution in [2.45, 2.75) is 0 Å². The number of hydrogen-bond donors (Lipinski definition) is 2. The van der Waals surface area contributed by atoms with Crippen LogP contribution in [0.15, 0.2) is 93.9 Å². The lowest BCUT2D eigenvalue weighted by Gasteiger charge is -2.19. The van der Waals surface area contributed by atoms with Crippen molar-refractivity contribution < 1.29 is 10.2 Å². The highest BCUT2D eigenvalue weighted by Gasteiger charge is 2.22. The molecular weight excluding hydrogens is 528 g/mol. The summed E-state index contributed by atoms with van der Waals surface area (Å²) in [6.45, 7) is 0. The summed E-state index contributed by atoms with van der Waals surface area (Å²) in [7, 11) is 0. The van der Waals surface area contributed by atoms with Gasteiger partial charge in [-0.25, -0.2) is 0 Å². The fraction of sp³-hybridized carbons (Fsp3) is 0. The van der Waals surface area contributed by atoms with Crippen molar-refractivity contribution in [1.82, 2.24) is 0 Å². The van der Waals surface area contributed by atoms with Gasteiger partial charge in [0.25, 0.3) is 0 Å². The topological polar surface area (TPSA) is 40.5 Å². The van der Waals surface area contributed by atoms with Gasteiger partial charge in [0.15, 0.2) is 0 Å². The first-order valence-corrected chi connectivity index (χ1v) is 11.8. The van der Waals surface area contributed by atoms with Crippen LogP contribution in [0, 0.1) is 0 Å². The zero-order valence-corrected chi connectivity index (χ0v) is 19.9. The predicted molar refractivity (Wildman–Crippen MR) is 141 cm³/mol. The molecule has 6 rings (SSSR count). The maximum atomic E-state index is 11.5. The molecule has 154 valence electrons. The summed E-state index contributed by atoms with van der Waals surface area (Å²) in [5.41, 5.74) is 1.28. The summed E-state index contributed by atoms with van der Waals surface area (Å²) < 4.78 is 1.92. The number of hydrogen-bond acceptors (Lipinski definition) is 2. The number of rotatable bonds is 1. The van der Waals surface area contributed by atoms with E-state index in [1.54, 1.807) is 0 Å². The third kappa shape index (κ3) is 2.76. The molecule has 0 fully saturated rings. The van der Waals surface area contributed by atoms with Crippen LogP contribution >= 0.6 is 31.9 Å². The second kappa shape index (κ2) is 7.22. The van der Waals surface area contributed by atoms with Crippen molar-refractivity contribution in [3.05, 3.63) is 93.9 Å². The molecule has 0 atom stereocenters. The monoisotopic (exact) mass is 542 g/mol. The van der Waals surface area contributed by atoms with Crippen LogP contribution in [0.2, 0.25) is 0 Å². The van der Waals surface area contributed by atoms with Gasteiger partial charge in [0.2, 0.25) is 0 Å². The summed E-state index contributed by atoms with van der Waals surface area (Å²) in [6.07, 6.45) is 0. The molecular formula is C28H16Br2O2. The zero-order valence-electron chi connectivity index (χ0n) is 16.7. The molecule has 2 N–H and O–H groups in total. The SMILES string of the molecule is Oc1c(-c2c(O)c3ccccc3c3cc(Br)ccc23)c2ccc(Br)cc2c2ccccc12. The van der Waals surface area contributed by atoms with Crippen LogP contribution in [0.3, 0.4) is 0 Å². The number of aromatic hydroxyl groups is 2. The van der Waals surface area contributed by atoms with Crippen LogP contribution in [0.1, 0.15) is 0 Å². The fourth-order valence-electron chi connectivity index (χ4n) is 4.79. The Labute approximate surface area is 201 Å². The van der Waals surface area contributed by atoms with E-state index in [0.29, 0.717) is 11.1 Å². The van der Waals surface area contributed by atoms with Crippen LogP contribution in [0.5, 0.6) is 11.5 Å². The molecule has 6 aromatic rings. The lowest BCUT2D eigenvalue weighted by atomic mass is 9.87. The van der Waals surface area contributed by atoms with Gasteiger partial charge in [0.1, 0.15) is 11.5 Å². The molecule has 0 unspecified atom stereocenters. The first kappa shape index (κ1) is 19.6. The second-order valence-electron chi connectivity index (χ2n) is 7.92. The maximum Gasteiger partial charge on any atom is 0.132 e. The molecule has 0 aliphatic carbocycles. The summed E-state index contributed by atoms with van der Waals surface area (Å²) >= 11 is 7.19. The highest BCUT2D eigenvalue weighted by atomic mass is 79.9. The van der Waals surface area contributed by atoms with Crippen LogP contribution in [0.25, 0.3) is 54.2 Å². The Bertz CT molecular complexity index is 1590. The summed E-state index contributed by atoms with van der Waals surface area (Å²) in [4.78, 5) is 0. The molecule has 0 heterocycles. The van der Waals surface area contributed by atoms with Crippen LogP contribution in [0.4, 0.5) is 0 Å². The predicted octanol–water partition coefficient (Wildman–Crippen LogP) is 8.90. The van der Waals surface area contributed by atoms with E-state index in [2.05, 4.69) is 44.0 Å². The van der Waals surface area contributed by atoms with E-state index >= 15 is 0 Å². The molecule has 0 aliphatic rings. The van der Waals surface area contributed by atoms with E-state index in [4.69, 9.17) is 0 Å². The van der Waals surface area contributed by atoms with Crippen molar-refractivity contribution in [3.63, 3.8) is 0 Å². The molecule has 0 aromatic heterocycles. The van der Waals surface area contributed by atoms with E-state index in [9.17, 15) is 10.2 Å². The third-order valence-corrected chi connectivity index (χ3v) is 7.16. The fourth-order valence-corrected chi connectivity index (χ4v) is 5.52. The molecule has 0 spiro atoms. The zero-order chi connectivity index (χ0) is 22.0. The number of benzene rings is 6. The Hall–Kier alpha value is -3.08. The van der Waals surface area contributed by atoms with Gasteiger partial charge in [-0.2, -0.15) is 0 Å². The normalized spacial score (nSPS) is 11.7. The summed E-state index contributed by atoms with van der Waals surface area (Å²) in [6, 6.07) is 27.7. The van der Waals surface area contributed by atoms with Crippen molar-refractivity contribution in [1.29, 1.82) is 0 Å². The Balaban J connectivity index is 1.91. The van der Waals surface area contributed by atoms with Gasteiger partial charge >= 0.3 is 0 Å². The number of halogens is 2. The minimum atomic E-state index is 0.172. The average molecular weight is 544 g/mol. The highest BCUT2D eigenvalue weighted by molar-refractivity contribution is 9.10. The van der Waals surface area contributed by atoms with Gasteiger partial charge in [0.05, 0.1) is 0 Å². The van der Waals surface area contributed by atoms with Gasteiger partial charge in [-0.3, -0.25) is 0 Å². The van der Waals surface area contributed by atoms with E-state index < -0.39 is 0 Å². The quantitative estimate of drug-likeness (QED) is 0.203. The third-order valence-electron chi connectivity index (χ3n) is 6.17. The standard InChI is InChI=1S/C28H16Br2O2/c29-15-9-11-19-23(13-15)17-5-1-3-7-21(17)27(31)25(19)26-20-12-10-16(30)14-24(20)18-6-2-4-8-22(18)28(26)32/h1-14,31-32H. The molecule has 4 heteroatoms. The van der Waals surface area contributed by atoms with Crippen LogP contribution in [-0.4, -0.2) is 10.2 Å². The molecule has 2 nitrogen and oxygen atoms in total. The van der Waals surface area contributed by atoms with Crippen molar-refractivity contribution in [2.75, 3.05) is 0 Å². The molecule has 0 saturated carbocycles. The van der Waals surface area contributed by atoms with Gasteiger partial charge in [0, 0.05) is 30.8 Å². The van der Waals surface area contributed by atoms with Crippen molar-refractivity contribution in [3.8, 4) is 22.6 Å². The molecule has 0 radical (unpaired) electrons. The first-order valence-electron chi connectivity index (χ1n) is 10.2. The maximum absolute atomic E-state index is 11.5. The summed E-state index contributed by atoms with van der Waals surface area (Å²) in [5.74, 6) is 0.343. The summed E-state index contributed by atoms with van der Waals surface area (Å²) in [5, 5.41) is 30.4. The van der Waals surface area contributed by atoms with Gasteiger partial charge < -0.3 is 10.2 Å². The second-order valence-corrected chi connectivity index (χ2v) is 9.75. The number of fused-ring (bicyclic) bond motifs is 6. The minimum absolute atomic E-state index is 0.172. The van der Waals surface area contributed by atoms with E-state index in [-0.39, 0.29) is 11.5 Å². The molecule has 0 aliphatic heterocycles. The lowest BCUT2D eigenvalue weighted by molar-refractivity contribution is 0.476. The molecule has 0 amide bonds. The van der Waals surface area contributed by atoms with E-state index in [1.165, 1.54) is 0 Å². The Morgan fingerprint density at radius 2 is 0.781 bits per heavy atom. The molecule has 6 aromatic carbocycles. The number of phenolic OH excluding ortho intramolecular Hbond substituents is 2. The molecule has 0 saturated heterocycles. The average Bonchev–Trinajstić information content (AvgIpc) is 2.81. The van der Waals surface area contributed by atoms with Gasteiger partial charge in [-0.1, -0.05) is 92.5 Å². The first-order chi connectivity index (χ1) is 15.5. The van der Waals surface area contributed by atoms with Gasteiger partial charge in [-0.05, 0) is 56.6 Å². The Morgan fingerprint density at radius 1 is 0.406 bits per heavy atom. The lowest BCUT2D eigenvalue weighted by Crippen LogP contribution is -1.91. The van der Waals surface area contributed by atoms with E-state index in [0.717, 1.165) is 52.0 Å². The molecule has 0 bridgehead atoms. The largest absolute Gasteiger partial charge is 0.507 e. The van der Waals surface area contributed by atoms with E-state index in [1.807, 2.05) is 72.8 Å². The Morgan fingerprint density at radius 3 is 1.19 bits per heavy atom. The van der Waals surface area contributed by atoms with Crippen molar-refractivity contribution in [2.24, 2.45) is 0 Å². The Kier molecular flexibility index (Phi) is 4.42. The van der Waals surface area contributed by atoms with Crippen LogP contribution in [-0.2, 0) is 0 Å². The van der Waals surface area contributed by atoms with Gasteiger partial charge in [-0.15, -0.1) is 0 Å². The molecule has 32 heavy (non-hydrogen) atoms. The number of phenols is 2. The smallest absolute Gasteiger partial charge is 0.132 e. The highest BCUT2D eigenvalue weighted by Crippen LogP contribution is 2.51. The van der Waals surface area contributed by atoms with Crippen LogP contribution < -0.4 is 0 Å².